The second-order valence-corrected chi connectivity index (χ2v) is 4.93. The van der Waals surface area contributed by atoms with Crippen LogP contribution in [0.4, 0.5) is 5.69 Å². The molecule has 1 aliphatic carbocycles. The Balaban J connectivity index is 1.64. The van der Waals surface area contributed by atoms with Crippen LogP contribution in [0.1, 0.15) is 19.3 Å². The summed E-state index contributed by atoms with van der Waals surface area (Å²) in [5, 5.41) is 8.36. The van der Waals surface area contributed by atoms with E-state index in [9.17, 15) is 4.79 Å². The Bertz CT molecular complexity index is 587. The first-order valence-electron chi connectivity index (χ1n) is 6.69. The molecule has 2 N–H and O–H groups in total. The molecule has 1 fully saturated rings. The van der Waals surface area contributed by atoms with E-state index in [1.165, 1.54) is 12.8 Å². The molecule has 0 aliphatic heterocycles. The van der Waals surface area contributed by atoms with E-state index in [1.807, 2.05) is 24.3 Å². The van der Waals surface area contributed by atoms with Gasteiger partial charge in [-0.3, -0.25) is 9.78 Å². The number of nitrogens with one attached hydrogen (secondary N) is 2. The number of anilines is 1. The van der Waals surface area contributed by atoms with Gasteiger partial charge in [-0.15, -0.1) is 0 Å². The van der Waals surface area contributed by atoms with Crippen molar-refractivity contribution >= 4 is 22.4 Å². The molecule has 98 valence electrons. The van der Waals surface area contributed by atoms with Crippen molar-refractivity contribution in [3.05, 3.63) is 36.7 Å². The van der Waals surface area contributed by atoms with E-state index in [4.69, 9.17) is 0 Å². The van der Waals surface area contributed by atoms with Crippen molar-refractivity contribution in [2.75, 3.05) is 11.9 Å². The molecule has 3 rings (SSSR count). The van der Waals surface area contributed by atoms with Crippen LogP contribution in [-0.2, 0) is 4.79 Å². The number of fused-ring (bicyclic) bond motifs is 1. The summed E-state index contributed by atoms with van der Waals surface area (Å²) < 4.78 is 0. The van der Waals surface area contributed by atoms with Crippen LogP contribution in [0.2, 0.25) is 0 Å². The van der Waals surface area contributed by atoms with Crippen LogP contribution in [-0.4, -0.2) is 23.5 Å². The van der Waals surface area contributed by atoms with Crippen LogP contribution in [0, 0.1) is 0 Å². The van der Waals surface area contributed by atoms with Crippen molar-refractivity contribution in [2.45, 2.75) is 25.3 Å². The number of benzene rings is 1. The Morgan fingerprint density at radius 2 is 2.21 bits per heavy atom. The number of carbonyl (C=O) groups excluding carboxylic acids is 1. The molecule has 4 heteroatoms. The third-order valence-corrected chi connectivity index (χ3v) is 3.32. The second kappa shape index (κ2) is 5.36. The highest BCUT2D eigenvalue weighted by atomic mass is 16.1. The normalized spacial score (nSPS) is 14.5. The lowest BCUT2D eigenvalue weighted by atomic mass is 10.1. The monoisotopic (exact) mass is 255 g/mol. The number of hydrogen-bond acceptors (Lipinski definition) is 3. The Labute approximate surface area is 112 Å². The molecule has 0 unspecified atom stereocenters. The van der Waals surface area contributed by atoms with E-state index < -0.39 is 0 Å². The summed E-state index contributed by atoms with van der Waals surface area (Å²) in [4.78, 5) is 16.0. The molecule has 2 aromatic rings. The highest BCUT2D eigenvalue weighted by Gasteiger charge is 2.20. The lowest BCUT2D eigenvalue weighted by Gasteiger charge is -2.08. The van der Waals surface area contributed by atoms with Crippen molar-refractivity contribution in [3.63, 3.8) is 0 Å². The lowest BCUT2D eigenvalue weighted by Crippen LogP contribution is -2.23. The van der Waals surface area contributed by atoms with E-state index in [2.05, 4.69) is 15.6 Å². The zero-order chi connectivity index (χ0) is 13.1. The maximum atomic E-state index is 11.9. The van der Waals surface area contributed by atoms with Gasteiger partial charge in [-0.2, -0.15) is 0 Å². The third-order valence-electron chi connectivity index (χ3n) is 3.32. The predicted octanol–water partition coefficient (Wildman–Crippen LogP) is 2.32. The smallest absolute Gasteiger partial charge is 0.225 e. The lowest BCUT2D eigenvalue weighted by molar-refractivity contribution is -0.116. The summed E-state index contributed by atoms with van der Waals surface area (Å²) in [6.07, 6.45) is 6.54. The second-order valence-electron chi connectivity index (χ2n) is 4.93. The first-order valence-corrected chi connectivity index (χ1v) is 6.69. The van der Waals surface area contributed by atoms with Crippen molar-refractivity contribution in [1.29, 1.82) is 0 Å². The van der Waals surface area contributed by atoms with Gasteiger partial charge in [-0.25, -0.2) is 0 Å². The minimum absolute atomic E-state index is 0.0458. The summed E-state index contributed by atoms with van der Waals surface area (Å²) in [7, 11) is 0. The van der Waals surface area contributed by atoms with Crippen molar-refractivity contribution in [2.24, 2.45) is 0 Å². The van der Waals surface area contributed by atoms with Crippen LogP contribution < -0.4 is 10.6 Å². The summed E-state index contributed by atoms with van der Waals surface area (Å²) in [6.45, 7) is 0.750. The fraction of sp³-hybridized carbons (Fsp3) is 0.333. The molecule has 19 heavy (non-hydrogen) atoms. The Hall–Kier alpha value is -1.94. The molecule has 1 aliphatic rings. The van der Waals surface area contributed by atoms with Gasteiger partial charge in [0, 0.05) is 36.8 Å². The minimum atomic E-state index is 0.0458. The molecule has 0 bridgehead atoms. The van der Waals surface area contributed by atoms with Crippen molar-refractivity contribution in [1.82, 2.24) is 10.3 Å². The van der Waals surface area contributed by atoms with Crippen LogP contribution in [0.5, 0.6) is 0 Å². The molecule has 0 radical (unpaired) electrons. The van der Waals surface area contributed by atoms with Gasteiger partial charge >= 0.3 is 0 Å². The highest BCUT2D eigenvalue weighted by Crippen LogP contribution is 2.22. The topological polar surface area (TPSA) is 54.0 Å². The molecule has 4 nitrogen and oxygen atoms in total. The summed E-state index contributed by atoms with van der Waals surface area (Å²) in [5.41, 5.74) is 0.835. The van der Waals surface area contributed by atoms with Crippen molar-refractivity contribution < 1.29 is 4.79 Å². The molecule has 0 spiro atoms. The van der Waals surface area contributed by atoms with E-state index in [1.54, 1.807) is 12.4 Å². The maximum absolute atomic E-state index is 11.9. The zero-order valence-corrected chi connectivity index (χ0v) is 10.7. The van der Waals surface area contributed by atoms with Gasteiger partial charge in [-0.05, 0) is 30.4 Å². The molecule has 1 saturated carbocycles. The number of rotatable bonds is 5. The zero-order valence-electron chi connectivity index (χ0n) is 10.7. The first-order chi connectivity index (χ1) is 9.33. The van der Waals surface area contributed by atoms with Gasteiger partial charge in [0.1, 0.15) is 0 Å². The highest BCUT2D eigenvalue weighted by molar-refractivity contribution is 6.01. The standard InChI is InChI=1S/C15H17N3O/c19-15(7-9-17-12-4-5-12)18-14-3-1-2-11-6-8-16-10-13(11)14/h1-3,6,8,10,12,17H,4-5,7,9H2,(H,18,19). The quantitative estimate of drug-likeness (QED) is 0.862. The van der Waals surface area contributed by atoms with Crippen LogP contribution in [0.25, 0.3) is 10.8 Å². The van der Waals surface area contributed by atoms with E-state index >= 15 is 0 Å². The molecule has 1 amide bonds. The van der Waals surface area contributed by atoms with Gasteiger partial charge in [0.15, 0.2) is 0 Å². The number of pyridine rings is 1. The maximum Gasteiger partial charge on any atom is 0.225 e. The first kappa shape index (κ1) is 12.1. The van der Waals surface area contributed by atoms with Gasteiger partial charge in [0.25, 0.3) is 0 Å². The SMILES string of the molecule is O=C(CCNC1CC1)Nc1cccc2ccncc12. The molecular weight excluding hydrogens is 238 g/mol. The molecule has 1 aromatic heterocycles. The van der Waals surface area contributed by atoms with Gasteiger partial charge in [0.05, 0.1) is 5.69 Å². The fourth-order valence-electron chi connectivity index (χ4n) is 2.11. The number of hydrogen-bond donors (Lipinski definition) is 2. The molecule has 1 heterocycles. The van der Waals surface area contributed by atoms with E-state index in [0.717, 1.165) is 23.0 Å². The number of nitrogens with zero attached hydrogens (tertiary/aromatic N) is 1. The Morgan fingerprint density at radius 3 is 3.05 bits per heavy atom. The van der Waals surface area contributed by atoms with Crippen molar-refractivity contribution in [3.8, 4) is 0 Å². The molecule has 0 atom stereocenters. The molecular formula is C15H17N3O. The number of carbonyl (C=O) groups is 1. The minimum Gasteiger partial charge on any atom is -0.325 e. The van der Waals surface area contributed by atoms with Gasteiger partial charge < -0.3 is 10.6 Å². The number of aromatic nitrogens is 1. The predicted molar refractivity (Wildman–Crippen MR) is 76.0 cm³/mol. The Morgan fingerprint density at radius 1 is 1.32 bits per heavy atom. The Kier molecular flexibility index (Phi) is 3.42. The van der Waals surface area contributed by atoms with Crippen LogP contribution in [0.15, 0.2) is 36.7 Å². The summed E-state index contributed by atoms with van der Waals surface area (Å²) >= 11 is 0. The van der Waals surface area contributed by atoms with Crippen LogP contribution in [0.3, 0.4) is 0 Å². The summed E-state index contributed by atoms with van der Waals surface area (Å²) in [6, 6.07) is 8.46. The van der Waals surface area contributed by atoms with Gasteiger partial charge in [0.2, 0.25) is 5.91 Å². The average molecular weight is 255 g/mol. The summed E-state index contributed by atoms with van der Waals surface area (Å²) in [5.74, 6) is 0.0458. The average Bonchev–Trinajstić information content (AvgIpc) is 3.23. The van der Waals surface area contributed by atoms with E-state index in [-0.39, 0.29) is 5.91 Å². The third kappa shape index (κ3) is 3.09. The fourth-order valence-corrected chi connectivity index (χ4v) is 2.11. The largest absolute Gasteiger partial charge is 0.325 e. The van der Waals surface area contributed by atoms with Gasteiger partial charge in [-0.1, -0.05) is 12.1 Å². The number of amides is 1. The van der Waals surface area contributed by atoms with Crippen LogP contribution >= 0.6 is 0 Å². The molecule has 0 saturated heterocycles. The van der Waals surface area contributed by atoms with E-state index in [0.29, 0.717) is 12.5 Å². The molecule has 1 aromatic carbocycles.